The molecule has 0 aromatic heterocycles. The van der Waals surface area contributed by atoms with Gasteiger partial charge in [-0.05, 0) is 25.5 Å². The highest BCUT2D eigenvalue weighted by atomic mass is 35.5. The van der Waals surface area contributed by atoms with Crippen LogP contribution in [0.5, 0.6) is 0 Å². The lowest BCUT2D eigenvalue weighted by Crippen LogP contribution is -2.34. The fourth-order valence-electron chi connectivity index (χ4n) is 1.93. The Morgan fingerprint density at radius 2 is 2.10 bits per heavy atom. The van der Waals surface area contributed by atoms with E-state index in [-0.39, 0.29) is 12.5 Å². The molecule has 0 bridgehead atoms. The third-order valence-corrected chi connectivity index (χ3v) is 3.50. The minimum Gasteiger partial charge on any atom is -0.433 e. The molecule has 0 N–H and O–H groups in total. The highest BCUT2D eigenvalue weighted by Gasteiger charge is 2.51. The molecule has 0 saturated carbocycles. The van der Waals surface area contributed by atoms with Gasteiger partial charge in [-0.2, -0.15) is 0 Å². The molecule has 1 fully saturated rings. The molecule has 0 spiro atoms. The summed E-state index contributed by atoms with van der Waals surface area (Å²) in [5.74, 6) is -0.737. The van der Waals surface area contributed by atoms with E-state index < -0.39 is 17.7 Å². The molecule has 5 nitrogen and oxygen atoms in total. The van der Waals surface area contributed by atoms with Gasteiger partial charge in [-0.15, -0.1) is 0 Å². The van der Waals surface area contributed by atoms with Gasteiger partial charge < -0.3 is 4.74 Å². The Labute approximate surface area is 122 Å². The van der Waals surface area contributed by atoms with E-state index in [2.05, 4.69) is 0 Å². The zero-order valence-electron chi connectivity index (χ0n) is 11.6. The first kappa shape index (κ1) is 14.8. The topological polar surface area (TPSA) is 55.8 Å². The molecule has 2 rings (SSSR count). The molecule has 1 heterocycles. The van der Waals surface area contributed by atoms with Crippen molar-refractivity contribution >= 4 is 23.5 Å². The number of nitrogens with zero attached hydrogens (tertiary/aromatic N) is 1. The van der Waals surface area contributed by atoms with Crippen LogP contribution in [0.1, 0.15) is 26.3 Å². The van der Waals surface area contributed by atoms with Gasteiger partial charge in [-0.1, -0.05) is 29.8 Å². The lowest BCUT2D eigenvalue weighted by molar-refractivity contribution is -0.241. The number of carbonyl (C=O) groups excluding carboxylic acids is 2. The normalized spacial score (nSPS) is 21.1. The maximum atomic E-state index is 12.3. The Balaban J connectivity index is 2.16. The minimum absolute atomic E-state index is 0.208. The van der Waals surface area contributed by atoms with E-state index in [4.69, 9.17) is 21.2 Å². The lowest BCUT2D eigenvalue weighted by Gasteiger charge is -2.19. The van der Waals surface area contributed by atoms with Gasteiger partial charge >= 0.3 is 5.97 Å². The van der Waals surface area contributed by atoms with Gasteiger partial charge in [-0.3, -0.25) is 9.59 Å². The third kappa shape index (κ3) is 2.78. The molecule has 20 heavy (non-hydrogen) atoms. The van der Waals surface area contributed by atoms with Crippen LogP contribution >= 0.6 is 11.6 Å². The van der Waals surface area contributed by atoms with Crippen molar-refractivity contribution in [1.29, 1.82) is 0 Å². The van der Waals surface area contributed by atoms with Crippen molar-refractivity contribution in [2.45, 2.75) is 33.6 Å². The first-order chi connectivity index (χ1) is 9.32. The number of amides is 1. The zero-order chi connectivity index (χ0) is 14.9. The molecular weight excluding hydrogens is 282 g/mol. The smallest absolute Gasteiger partial charge is 0.305 e. The summed E-state index contributed by atoms with van der Waals surface area (Å²) in [6.07, 6.45) is -0.921. The Morgan fingerprint density at radius 1 is 1.45 bits per heavy atom. The van der Waals surface area contributed by atoms with Crippen LogP contribution in [-0.2, 0) is 25.7 Å². The summed E-state index contributed by atoms with van der Waals surface area (Å²) in [4.78, 5) is 28.8. The van der Waals surface area contributed by atoms with Crippen LogP contribution in [0.4, 0.5) is 0 Å². The van der Waals surface area contributed by atoms with Gasteiger partial charge in [0.05, 0.1) is 6.54 Å². The predicted molar refractivity (Wildman–Crippen MR) is 72.4 cm³/mol. The molecule has 6 heteroatoms. The van der Waals surface area contributed by atoms with Gasteiger partial charge in [0.1, 0.15) is 5.41 Å². The van der Waals surface area contributed by atoms with Gasteiger partial charge in [0.2, 0.25) is 6.29 Å². The van der Waals surface area contributed by atoms with Crippen molar-refractivity contribution < 1.29 is 19.2 Å². The number of benzene rings is 1. The van der Waals surface area contributed by atoms with Crippen molar-refractivity contribution in [2.24, 2.45) is 5.41 Å². The molecule has 1 aromatic rings. The second kappa shape index (κ2) is 5.42. The summed E-state index contributed by atoms with van der Waals surface area (Å²) in [6, 6.07) is 7.19. The Kier molecular flexibility index (Phi) is 4.01. The van der Waals surface area contributed by atoms with Crippen LogP contribution in [0, 0.1) is 5.41 Å². The van der Waals surface area contributed by atoms with E-state index in [0.29, 0.717) is 5.02 Å². The molecule has 1 aromatic carbocycles. The molecule has 0 radical (unpaired) electrons. The number of ether oxygens (including phenoxy) is 1. The van der Waals surface area contributed by atoms with Gasteiger partial charge in [0.15, 0.2) is 0 Å². The standard InChI is InChI=1S/C14H16ClNO4/c1-9(17)19-13-14(2,3)12(18)16(20-13)8-10-6-4-5-7-11(10)15/h4-7,13H,8H2,1-3H3. The quantitative estimate of drug-likeness (QED) is 0.805. The number of hydroxylamine groups is 2. The number of halogens is 1. The Bertz CT molecular complexity index is 544. The highest BCUT2D eigenvalue weighted by molar-refractivity contribution is 6.31. The van der Waals surface area contributed by atoms with Crippen molar-refractivity contribution in [3.8, 4) is 0 Å². The molecule has 1 amide bonds. The summed E-state index contributed by atoms with van der Waals surface area (Å²) in [7, 11) is 0. The van der Waals surface area contributed by atoms with E-state index >= 15 is 0 Å². The number of esters is 1. The first-order valence-corrected chi connectivity index (χ1v) is 6.59. The van der Waals surface area contributed by atoms with E-state index in [9.17, 15) is 9.59 Å². The molecule has 1 aliphatic heterocycles. The van der Waals surface area contributed by atoms with Crippen LogP contribution in [0.15, 0.2) is 24.3 Å². The molecule has 1 saturated heterocycles. The summed E-state index contributed by atoms with van der Waals surface area (Å²) < 4.78 is 5.04. The van der Waals surface area contributed by atoms with Gasteiger partial charge in [0, 0.05) is 11.9 Å². The molecule has 0 aliphatic carbocycles. The number of hydrogen-bond donors (Lipinski definition) is 0. The number of hydrogen-bond acceptors (Lipinski definition) is 4. The fraction of sp³-hybridized carbons (Fsp3) is 0.429. The Hall–Kier alpha value is -1.59. The molecule has 1 atom stereocenters. The van der Waals surface area contributed by atoms with Crippen LogP contribution in [0.2, 0.25) is 5.02 Å². The maximum absolute atomic E-state index is 12.3. The van der Waals surface area contributed by atoms with Crippen molar-refractivity contribution in [2.75, 3.05) is 0 Å². The largest absolute Gasteiger partial charge is 0.433 e. The second-order valence-electron chi connectivity index (χ2n) is 5.20. The van der Waals surface area contributed by atoms with E-state index in [1.165, 1.54) is 12.0 Å². The summed E-state index contributed by atoms with van der Waals surface area (Å²) >= 11 is 6.06. The Morgan fingerprint density at radius 3 is 2.70 bits per heavy atom. The lowest BCUT2D eigenvalue weighted by atomic mass is 9.92. The number of rotatable bonds is 3. The van der Waals surface area contributed by atoms with Crippen LogP contribution < -0.4 is 0 Å². The SMILES string of the molecule is CC(=O)OC1ON(Cc2ccccc2Cl)C(=O)C1(C)C. The minimum atomic E-state index is -0.924. The highest BCUT2D eigenvalue weighted by Crippen LogP contribution is 2.36. The third-order valence-electron chi connectivity index (χ3n) is 3.13. The van der Waals surface area contributed by atoms with E-state index in [1.54, 1.807) is 19.9 Å². The predicted octanol–water partition coefficient (Wildman–Crippen LogP) is 2.53. The average Bonchev–Trinajstić information content (AvgIpc) is 2.56. The van der Waals surface area contributed by atoms with Gasteiger partial charge in [-0.25, -0.2) is 9.90 Å². The molecule has 1 unspecified atom stereocenters. The molecular formula is C14H16ClNO4. The monoisotopic (exact) mass is 297 g/mol. The first-order valence-electron chi connectivity index (χ1n) is 6.21. The van der Waals surface area contributed by atoms with Crippen molar-refractivity contribution in [3.63, 3.8) is 0 Å². The summed E-state index contributed by atoms with van der Waals surface area (Å²) in [5.41, 5.74) is -0.158. The van der Waals surface area contributed by atoms with Gasteiger partial charge in [0.25, 0.3) is 5.91 Å². The van der Waals surface area contributed by atoms with Crippen LogP contribution in [0.3, 0.4) is 0 Å². The van der Waals surface area contributed by atoms with Crippen LogP contribution in [-0.4, -0.2) is 23.2 Å². The van der Waals surface area contributed by atoms with E-state index in [0.717, 1.165) is 5.56 Å². The average molecular weight is 298 g/mol. The maximum Gasteiger partial charge on any atom is 0.305 e. The zero-order valence-corrected chi connectivity index (χ0v) is 12.3. The summed E-state index contributed by atoms with van der Waals surface area (Å²) in [5, 5.41) is 1.74. The van der Waals surface area contributed by atoms with E-state index in [1.807, 2.05) is 18.2 Å². The molecule has 1 aliphatic rings. The second-order valence-corrected chi connectivity index (χ2v) is 5.61. The summed E-state index contributed by atoms with van der Waals surface area (Å²) in [6.45, 7) is 4.84. The van der Waals surface area contributed by atoms with Crippen molar-refractivity contribution in [1.82, 2.24) is 5.06 Å². The number of carbonyl (C=O) groups is 2. The van der Waals surface area contributed by atoms with Crippen molar-refractivity contribution in [3.05, 3.63) is 34.9 Å². The molecule has 108 valence electrons. The fourth-order valence-corrected chi connectivity index (χ4v) is 2.12. The van der Waals surface area contributed by atoms with Crippen LogP contribution in [0.25, 0.3) is 0 Å².